The number of rotatable bonds is 5. The van der Waals surface area contributed by atoms with Crippen molar-refractivity contribution in [1.29, 1.82) is 0 Å². The van der Waals surface area contributed by atoms with Crippen LogP contribution >= 0.6 is 0 Å². The molecule has 3 nitrogen and oxygen atoms in total. The molecule has 0 N–H and O–H groups in total. The van der Waals surface area contributed by atoms with Crippen LogP contribution in [0.2, 0.25) is 0 Å². The van der Waals surface area contributed by atoms with Gasteiger partial charge in [-0.3, -0.25) is 4.79 Å². The second-order valence-corrected chi connectivity index (χ2v) is 7.01. The van der Waals surface area contributed by atoms with E-state index in [1.54, 1.807) is 24.3 Å². The van der Waals surface area contributed by atoms with Crippen molar-refractivity contribution in [3.05, 3.63) is 107 Å². The first-order chi connectivity index (χ1) is 14.2. The van der Waals surface area contributed by atoms with Gasteiger partial charge in [0, 0.05) is 13.1 Å². The minimum atomic E-state index is -0.280. The third-order valence-electron chi connectivity index (χ3n) is 5.07. The van der Waals surface area contributed by atoms with Crippen LogP contribution < -0.4 is 4.74 Å². The maximum absolute atomic E-state index is 13.1. The first-order valence-electron chi connectivity index (χ1n) is 9.71. The van der Waals surface area contributed by atoms with Crippen molar-refractivity contribution in [2.24, 2.45) is 0 Å². The van der Waals surface area contributed by atoms with Crippen molar-refractivity contribution in [2.45, 2.75) is 13.0 Å². The van der Waals surface area contributed by atoms with Gasteiger partial charge in [-0.1, -0.05) is 60.7 Å². The molecule has 0 spiro atoms. The molecule has 0 saturated heterocycles. The second kappa shape index (κ2) is 8.74. The molecule has 0 bridgehead atoms. The maximum atomic E-state index is 13.1. The molecule has 146 valence electrons. The quantitative estimate of drug-likeness (QED) is 0.592. The maximum Gasteiger partial charge on any atom is 0.257 e. The van der Waals surface area contributed by atoms with Gasteiger partial charge in [0.1, 0.15) is 18.2 Å². The SMILES string of the molecule is O=C(c1ccccc1OCc1ccc(F)cc1)N1CC=C(c2ccccc2)CC1. The van der Waals surface area contributed by atoms with Gasteiger partial charge in [-0.2, -0.15) is 0 Å². The molecule has 0 unspecified atom stereocenters. The zero-order valence-corrected chi connectivity index (χ0v) is 16.1. The Morgan fingerprint density at radius 2 is 1.66 bits per heavy atom. The summed E-state index contributed by atoms with van der Waals surface area (Å²) >= 11 is 0. The van der Waals surface area contributed by atoms with Gasteiger partial charge >= 0.3 is 0 Å². The van der Waals surface area contributed by atoms with E-state index in [0.29, 0.717) is 24.4 Å². The molecule has 1 aliphatic heterocycles. The number of halogens is 1. The molecule has 0 fully saturated rings. The van der Waals surface area contributed by atoms with Crippen LogP contribution in [0.4, 0.5) is 4.39 Å². The molecule has 1 heterocycles. The van der Waals surface area contributed by atoms with Gasteiger partial charge in [-0.25, -0.2) is 4.39 Å². The second-order valence-electron chi connectivity index (χ2n) is 7.01. The lowest BCUT2D eigenvalue weighted by Crippen LogP contribution is -2.34. The van der Waals surface area contributed by atoms with Crippen molar-refractivity contribution in [3.8, 4) is 5.75 Å². The van der Waals surface area contributed by atoms with Crippen LogP contribution in [0.5, 0.6) is 5.75 Å². The molecule has 4 rings (SSSR count). The number of para-hydroxylation sites is 1. The van der Waals surface area contributed by atoms with E-state index in [1.165, 1.54) is 23.3 Å². The van der Waals surface area contributed by atoms with Gasteiger partial charge in [0.05, 0.1) is 5.56 Å². The third kappa shape index (κ3) is 4.54. The fraction of sp³-hybridized carbons (Fsp3) is 0.160. The molecule has 4 heteroatoms. The van der Waals surface area contributed by atoms with Gasteiger partial charge < -0.3 is 9.64 Å². The van der Waals surface area contributed by atoms with Crippen LogP contribution in [-0.2, 0) is 6.61 Å². The average molecular weight is 387 g/mol. The number of nitrogens with zero attached hydrogens (tertiary/aromatic N) is 1. The monoisotopic (exact) mass is 387 g/mol. The number of carbonyl (C=O) groups is 1. The predicted octanol–water partition coefficient (Wildman–Crippen LogP) is 5.33. The summed E-state index contributed by atoms with van der Waals surface area (Å²) in [5.74, 6) is 0.222. The van der Waals surface area contributed by atoms with E-state index in [0.717, 1.165) is 12.0 Å². The number of benzene rings is 3. The van der Waals surface area contributed by atoms with E-state index in [9.17, 15) is 9.18 Å². The van der Waals surface area contributed by atoms with Crippen LogP contribution in [0.15, 0.2) is 84.9 Å². The molecule has 0 atom stereocenters. The highest BCUT2D eigenvalue weighted by Crippen LogP contribution is 2.26. The van der Waals surface area contributed by atoms with Crippen LogP contribution in [0.25, 0.3) is 5.57 Å². The molecular weight excluding hydrogens is 365 g/mol. The third-order valence-corrected chi connectivity index (χ3v) is 5.07. The van der Waals surface area contributed by atoms with Crippen molar-refractivity contribution in [2.75, 3.05) is 13.1 Å². The molecule has 3 aromatic rings. The van der Waals surface area contributed by atoms with Crippen LogP contribution in [-0.4, -0.2) is 23.9 Å². The molecule has 0 aromatic heterocycles. The topological polar surface area (TPSA) is 29.5 Å². The number of hydrogen-bond donors (Lipinski definition) is 0. The van der Waals surface area contributed by atoms with Crippen LogP contribution in [0.1, 0.15) is 27.9 Å². The molecular formula is C25H22FNO2. The van der Waals surface area contributed by atoms with Gasteiger partial charge in [0.2, 0.25) is 0 Å². The Bertz CT molecular complexity index is 1010. The number of hydrogen-bond acceptors (Lipinski definition) is 2. The Balaban J connectivity index is 1.45. The smallest absolute Gasteiger partial charge is 0.257 e. The molecule has 0 aliphatic carbocycles. The van der Waals surface area contributed by atoms with E-state index < -0.39 is 0 Å². The Hall–Kier alpha value is -3.40. The Morgan fingerprint density at radius 1 is 0.931 bits per heavy atom. The molecule has 29 heavy (non-hydrogen) atoms. The van der Waals surface area contributed by atoms with E-state index in [2.05, 4.69) is 18.2 Å². The summed E-state index contributed by atoms with van der Waals surface area (Å²) in [5.41, 5.74) is 3.88. The highest BCUT2D eigenvalue weighted by Gasteiger charge is 2.22. The zero-order valence-electron chi connectivity index (χ0n) is 16.1. The zero-order chi connectivity index (χ0) is 20.1. The molecule has 0 saturated carbocycles. The van der Waals surface area contributed by atoms with Crippen molar-refractivity contribution in [1.82, 2.24) is 4.90 Å². The fourth-order valence-corrected chi connectivity index (χ4v) is 3.45. The van der Waals surface area contributed by atoms with E-state index in [1.807, 2.05) is 35.2 Å². The predicted molar refractivity (Wildman–Crippen MR) is 112 cm³/mol. The normalized spacial score (nSPS) is 13.7. The summed E-state index contributed by atoms with van der Waals surface area (Å²) in [7, 11) is 0. The average Bonchev–Trinajstić information content (AvgIpc) is 2.79. The first kappa shape index (κ1) is 18.9. The standard InChI is InChI=1S/C25H22FNO2/c26-22-12-10-19(11-13-22)18-29-24-9-5-4-8-23(24)25(28)27-16-14-21(15-17-27)20-6-2-1-3-7-20/h1-14H,15-18H2. The van der Waals surface area contributed by atoms with Crippen molar-refractivity contribution >= 4 is 11.5 Å². The molecule has 1 amide bonds. The lowest BCUT2D eigenvalue weighted by molar-refractivity contribution is 0.0768. The van der Waals surface area contributed by atoms with Gasteiger partial charge in [0.15, 0.2) is 0 Å². The van der Waals surface area contributed by atoms with Crippen LogP contribution in [0.3, 0.4) is 0 Å². The van der Waals surface area contributed by atoms with Gasteiger partial charge in [-0.15, -0.1) is 0 Å². The van der Waals surface area contributed by atoms with Crippen molar-refractivity contribution < 1.29 is 13.9 Å². The summed E-state index contributed by atoms with van der Waals surface area (Å²) in [6.07, 6.45) is 2.95. The van der Waals surface area contributed by atoms with Gasteiger partial charge in [-0.05, 0) is 47.4 Å². The lowest BCUT2D eigenvalue weighted by atomic mass is 9.99. The molecule has 3 aromatic carbocycles. The number of carbonyl (C=O) groups excluding carboxylic acids is 1. The number of amides is 1. The summed E-state index contributed by atoms with van der Waals surface area (Å²) in [6.45, 7) is 1.53. The summed E-state index contributed by atoms with van der Waals surface area (Å²) in [6, 6.07) is 23.7. The van der Waals surface area contributed by atoms with E-state index in [4.69, 9.17) is 4.74 Å². The summed E-state index contributed by atoms with van der Waals surface area (Å²) < 4.78 is 18.9. The fourth-order valence-electron chi connectivity index (χ4n) is 3.45. The summed E-state index contributed by atoms with van der Waals surface area (Å²) in [5, 5.41) is 0. The number of ether oxygens (including phenoxy) is 1. The minimum absolute atomic E-state index is 0.0388. The first-order valence-corrected chi connectivity index (χ1v) is 9.71. The molecule has 0 radical (unpaired) electrons. The Morgan fingerprint density at radius 3 is 2.38 bits per heavy atom. The highest BCUT2D eigenvalue weighted by molar-refractivity contribution is 5.97. The van der Waals surface area contributed by atoms with Crippen molar-refractivity contribution in [3.63, 3.8) is 0 Å². The summed E-state index contributed by atoms with van der Waals surface area (Å²) in [4.78, 5) is 14.9. The van der Waals surface area contributed by atoms with Crippen LogP contribution in [0, 0.1) is 5.82 Å². The molecule has 1 aliphatic rings. The lowest BCUT2D eigenvalue weighted by Gasteiger charge is -2.27. The van der Waals surface area contributed by atoms with E-state index >= 15 is 0 Å². The largest absolute Gasteiger partial charge is 0.488 e. The highest BCUT2D eigenvalue weighted by atomic mass is 19.1. The van der Waals surface area contributed by atoms with Gasteiger partial charge in [0.25, 0.3) is 5.91 Å². The Labute approximate surface area is 170 Å². The minimum Gasteiger partial charge on any atom is -0.488 e. The Kier molecular flexibility index (Phi) is 5.71. The van der Waals surface area contributed by atoms with E-state index in [-0.39, 0.29) is 18.3 Å².